The van der Waals surface area contributed by atoms with Crippen LogP contribution in [-0.4, -0.2) is 60.3 Å². The number of nitrogens with one attached hydrogen (secondary N) is 1. The van der Waals surface area contributed by atoms with Crippen LogP contribution in [0.4, 0.5) is 5.69 Å². The van der Waals surface area contributed by atoms with Gasteiger partial charge in [-0.2, -0.15) is 5.10 Å². The van der Waals surface area contributed by atoms with Crippen LogP contribution in [0.25, 0.3) is 5.82 Å². The lowest BCUT2D eigenvalue weighted by Gasteiger charge is -2.31. The standard InChI is InChI=1S/C26H27N7O2S2/c1-17-14-18(2)33(31-17)24-20(6-5-11-28-24)29-25(35)21-15-37-26(30-21)19-8-12-32(13-9-19)23(34)16-36-22-7-3-4-10-27-22/h3-7,10-11,14-15,19H,8-9,12-13,16H2,1-2H3,(H,29,35). The molecule has 2 amide bonds. The zero-order chi connectivity index (χ0) is 25.8. The Morgan fingerprint density at radius 1 is 1.11 bits per heavy atom. The van der Waals surface area contributed by atoms with Crippen LogP contribution in [-0.2, 0) is 4.79 Å². The highest BCUT2D eigenvalue weighted by molar-refractivity contribution is 7.99. The highest BCUT2D eigenvalue weighted by Crippen LogP contribution is 2.31. The van der Waals surface area contributed by atoms with Crippen molar-refractivity contribution in [1.29, 1.82) is 0 Å². The average Bonchev–Trinajstić information content (AvgIpc) is 3.55. The number of nitrogens with zero attached hydrogens (tertiary/aromatic N) is 6. The Morgan fingerprint density at radius 2 is 1.92 bits per heavy atom. The lowest BCUT2D eigenvalue weighted by atomic mass is 9.97. The summed E-state index contributed by atoms with van der Waals surface area (Å²) in [5, 5.41) is 11.0. The van der Waals surface area contributed by atoms with Crippen LogP contribution >= 0.6 is 23.1 Å². The number of anilines is 1. The van der Waals surface area contributed by atoms with E-state index in [0.29, 0.717) is 36.0 Å². The Labute approximate surface area is 223 Å². The molecule has 4 aromatic rings. The molecule has 5 heterocycles. The number of piperidine rings is 1. The maximum Gasteiger partial charge on any atom is 0.275 e. The topological polar surface area (TPSA) is 106 Å². The van der Waals surface area contributed by atoms with E-state index >= 15 is 0 Å². The maximum absolute atomic E-state index is 13.0. The number of pyridine rings is 2. The van der Waals surface area contributed by atoms with Gasteiger partial charge in [-0.1, -0.05) is 17.8 Å². The Bertz CT molecular complexity index is 1390. The molecule has 0 bridgehead atoms. The van der Waals surface area contributed by atoms with Crippen molar-refractivity contribution < 1.29 is 9.59 Å². The van der Waals surface area contributed by atoms with Crippen LogP contribution in [0.15, 0.2) is 59.2 Å². The molecule has 1 N–H and O–H groups in total. The second kappa shape index (κ2) is 11.2. The molecule has 0 atom stereocenters. The van der Waals surface area contributed by atoms with Crippen molar-refractivity contribution in [2.45, 2.75) is 37.6 Å². The van der Waals surface area contributed by atoms with Crippen LogP contribution in [0.1, 0.15) is 45.6 Å². The molecule has 4 aromatic heterocycles. The fourth-order valence-electron chi connectivity index (χ4n) is 4.31. The molecule has 0 aromatic carbocycles. The number of hydrogen-bond acceptors (Lipinski definition) is 8. The van der Waals surface area contributed by atoms with Gasteiger partial charge in [0.2, 0.25) is 5.91 Å². The number of rotatable bonds is 7. The number of hydrogen-bond donors (Lipinski definition) is 1. The van der Waals surface area contributed by atoms with Gasteiger partial charge in [0.1, 0.15) is 5.69 Å². The monoisotopic (exact) mass is 533 g/mol. The van der Waals surface area contributed by atoms with Crippen LogP contribution in [0.3, 0.4) is 0 Å². The first kappa shape index (κ1) is 25.1. The molecule has 1 aliphatic heterocycles. The molecular weight excluding hydrogens is 506 g/mol. The highest BCUT2D eigenvalue weighted by Gasteiger charge is 2.26. The van der Waals surface area contributed by atoms with E-state index in [-0.39, 0.29) is 17.7 Å². The first-order valence-corrected chi connectivity index (χ1v) is 13.9. The van der Waals surface area contributed by atoms with Gasteiger partial charge in [-0.05, 0) is 57.0 Å². The minimum absolute atomic E-state index is 0.128. The first-order chi connectivity index (χ1) is 18.0. The summed E-state index contributed by atoms with van der Waals surface area (Å²) in [4.78, 5) is 40.9. The van der Waals surface area contributed by atoms with E-state index in [0.717, 1.165) is 34.3 Å². The third-order valence-corrected chi connectivity index (χ3v) is 8.11. The minimum Gasteiger partial charge on any atom is -0.342 e. The smallest absolute Gasteiger partial charge is 0.275 e. The Balaban J connectivity index is 1.18. The SMILES string of the molecule is Cc1cc(C)n(-c2ncccc2NC(=O)c2csc(C3CCN(C(=O)CSc4ccccn4)CC3)n2)n1. The van der Waals surface area contributed by atoms with Crippen molar-refractivity contribution in [1.82, 2.24) is 29.6 Å². The van der Waals surface area contributed by atoms with Crippen molar-refractivity contribution in [2.75, 3.05) is 24.2 Å². The van der Waals surface area contributed by atoms with Crippen LogP contribution in [0.2, 0.25) is 0 Å². The molecule has 0 unspecified atom stereocenters. The molecule has 190 valence electrons. The molecule has 5 rings (SSSR count). The number of carbonyl (C=O) groups excluding carboxylic acids is 2. The van der Waals surface area contributed by atoms with Gasteiger partial charge in [-0.25, -0.2) is 19.6 Å². The van der Waals surface area contributed by atoms with Gasteiger partial charge in [-0.3, -0.25) is 9.59 Å². The Hall–Kier alpha value is -3.57. The summed E-state index contributed by atoms with van der Waals surface area (Å²) >= 11 is 2.96. The highest BCUT2D eigenvalue weighted by atomic mass is 32.2. The van der Waals surface area contributed by atoms with Gasteiger partial charge in [-0.15, -0.1) is 11.3 Å². The second-order valence-corrected chi connectivity index (χ2v) is 10.7. The third kappa shape index (κ3) is 5.89. The number of aromatic nitrogens is 5. The molecule has 37 heavy (non-hydrogen) atoms. The molecule has 11 heteroatoms. The van der Waals surface area contributed by atoms with Crippen LogP contribution in [0.5, 0.6) is 0 Å². The summed E-state index contributed by atoms with van der Waals surface area (Å²) in [5.41, 5.74) is 2.77. The van der Waals surface area contributed by atoms with Gasteiger partial charge < -0.3 is 10.2 Å². The molecule has 0 radical (unpaired) electrons. The maximum atomic E-state index is 13.0. The van der Waals surface area contributed by atoms with E-state index in [2.05, 4.69) is 25.4 Å². The van der Waals surface area contributed by atoms with E-state index in [1.165, 1.54) is 23.1 Å². The normalized spacial score (nSPS) is 14.1. The molecule has 0 saturated carbocycles. The largest absolute Gasteiger partial charge is 0.342 e. The van der Waals surface area contributed by atoms with Crippen molar-refractivity contribution in [3.05, 3.63) is 76.3 Å². The number of thioether (sulfide) groups is 1. The van der Waals surface area contributed by atoms with E-state index in [4.69, 9.17) is 0 Å². The second-order valence-electron chi connectivity index (χ2n) is 8.85. The van der Waals surface area contributed by atoms with Gasteiger partial charge in [0.15, 0.2) is 5.82 Å². The number of amides is 2. The van der Waals surface area contributed by atoms with E-state index in [1.807, 2.05) is 49.1 Å². The zero-order valence-corrected chi connectivity index (χ0v) is 22.3. The molecule has 0 spiro atoms. The lowest BCUT2D eigenvalue weighted by Crippen LogP contribution is -2.38. The minimum atomic E-state index is -0.280. The van der Waals surface area contributed by atoms with E-state index < -0.39 is 0 Å². The van der Waals surface area contributed by atoms with E-state index in [1.54, 1.807) is 28.5 Å². The number of aryl methyl sites for hydroxylation is 2. The molecule has 1 saturated heterocycles. The fraction of sp³-hybridized carbons (Fsp3) is 0.308. The predicted octanol–water partition coefficient (Wildman–Crippen LogP) is 4.49. The van der Waals surface area contributed by atoms with Crippen molar-refractivity contribution in [3.8, 4) is 5.82 Å². The van der Waals surface area contributed by atoms with Crippen LogP contribution in [0, 0.1) is 13.8 Å². The van der Waals surface area contributed by atoms with Crippen LogP contribution < -0.4 is 5.32 Å². The number of carbonyl (C=O) groups is 2. The number of thiazole rings is 1. The van der Waals surface area contributed by atoms with Gasteiger partial charge in [0.25, 0.3) is 5.91 Å². The Kier molecular flexibility index (Phi) is 7.61. The number of likely N-dealkylation sites (tertiary alicyclic amines) is 1. The summed E-state index contributed by atoms with van der Waals surface area (Å²) in [6.07, 6.45) is 5.08. The fourth-order valence-corrected chi connectivity index (χ4v) is 6.04. The zero-order valence-electron chi connectivity index (χ0n) is 20.6. The molecule has 1 aliphatic rings. The van der Waals surface area contributed by atoms with Crippen molar-refractivity contribution >= 4 is 40.6 Å². The summed E-state index contributed by atoms with van der Waals surface area (Å²) < 4.78 is 1.72. The summed E-state index contributed by atoms with van der Waals surface area (Å²) in [5.74, 6) is 1.04. The molecule has 1 fully saturated rings. The van der Waals surface area contributed by atoms with Gasteiger partial charge >= 0.3 is 0 Å². The Morgan fingerprint density at radius 3 is 2.65 bits per heavy atom. The lowest BCUT2D eigenvalue weighted by molar-refractivity contribution is -0.129. The van der Waals surface area contributed by atoms with Crippen molar-refractivity contribution in [3.63, 3.8) is 0 Å². The summed E-state index contributed by atoms with van der Waals surface area (Å²) in [7, 11) is 0. The predicted molar refractivity (Wildman–Crippen MR) is 144 cm³/mol. The van der Waals surface area contributed by atoms with E-state index in [9.17, 15) is 9.59 Å². The third-order valence-electron chi connectivity index (χ3n) is 6.18. The first-order valence-electron chi connectivity index (χ1n) is 12.0. The summed E-state index contributed by atoms with van der Waals surface area (Å²) in [6, 6.07) is 11.2. The average molecular weight is 534 g/mol. The summed E-state index contributed by atoms with van der Waals surface area (Å²) in [6.45, 7) is 5.25. The van der Waals surface area contributed by atoms with Gasteiger partial charge in [0, 0.05) is 42.5 Å². The van der Waals surface area contributed by atoms with Gasteiger partial charge in [0.05, 0.1) is 27.2 Å². The molecule has 0 aliphatic carbocycles. The quantitative estimate of drug-likeness (QED) is 0.349. The van der Waals surface area contributed by atoms with Crippen molar-refractivity contribution in [2.24, 2.45) is 0 Å². The molecule has 9 nitrogen and oxygen atoms in total. The molecular formula is C26H27N7O2S2.